The van der Waals surface area contributed by atoms with Crippen LogP contribution in [0.15, 0.2) is 179 Å². The zero-order chi connectivity index (χ0) is 38.2. The van der Waals surface area contributed by atoms with Gasteiger partial charge in [-0.05, 0) is 106 Å². The number of para-hydroxylation sites is 2. The molecule has 0 spiro atoms. The summed E-state index contributed by atoms with van der Waals surface area (Å²) >= 11 is 0. The minimum absolute atomic E-state index is 0.580. The number of nitrogens with zero attached hydrogens (tertiary/aromatic N) is 3. The van der Waals surface area contributed by atoms with Gasteiger partial charge in [0.15, 0.2) is 17.5 Å². The van der Waals surface area contributed by atoms with Crippen molar-refractivity contribution in [3.63, 3.8) is 0 Å². The molecule has 3 aromatic heterocycles. The third kappa shape index (κ3) is 5.35. The highest BCUT2D eigenvalue weighted by atomic mass is 16.3. The molecular weight excluding hydrogens is 711 g/mol. The number of fused-ring (bicyclic) bond motifs is 8. The van der Waals surface area contributed by atoms with Gasteiger partial charge in [0.05, 0.1) is 0 Å². The van der Waals surface area contributed by atoms with Crippen LogP contribution >= 0.6 is 0 Å². The molecule has 0 radical (unpaired) electrons. The average Bonchev–Trinajstić information content (AvgIpc) is 3.86. The minimum atomic E-state index is 0.580. The summed E-state index contributed by atoms with van der Waals surface area (Å²) in [6.07, 6.45) is 6.52. The van der Waals surface area contributed by atoms with Crippen LogP contribution in [-0.2, 0) is 6.42 Å². The SMILES string of the molecule is C1=Cc2cc(-c3nc(-c4ccc5oc6ccccc6c5c4)nc(-c4cc(-c5ccc(-c6cccc7ccccc67)cc5)cc5oc6ccccc6c45)n3)ccc2CC1. The zero-order valence-corrected chi connectivity index (χ0v) is 31.3. The number of furan rings is 2. The van der Waals surface area contributed by atoms with Crippen molar-refractivity contribution in [3.8, 4) is 56.4 Å². The van der Waals surface area contributed by atoms with Gasteiger partial charge in [0.2, 0.25) is 0 Å². The molecule has 1 aliphatic rings. The maximum Gasteiger partial charge on any atom is 0.164 e. The zero-order valence-electron chi connectivity index (χ0n) is 31.3. The molecule has 3 heterocycles. The molecule has 0 N–H and O–H groups in total. The van der Waals surface area contributed by atoms with E-state index >= 15 is 0 Å². The molecule has 0 saturated heterocycles. The second-order valence-corrected chi connectivity index (χ2v) is 15.1. The Bertz CT molecular complexity index is 3460. The normalized spacial score (nSPS) is 12.6. The van der Waals surface area contributed by atoms with Gasteiger partial charge in [-0.15, -0.1) is 0 Å². The van der Waals surface area contributed by atoms with Crippen LogP contribution in [0.5, 0.6) is 0 Å². The molecule has 5 heteroatoms. The molecule has 0 unspecified atom stereocenters. The number of allylic oxidation sites excluding steroid dienone is 1. The Morgan fingerprint density at radius 1 is 0.397 bits per heavy atom. The molecule has 5 nitrogen and oxygen atoms in total. The first-order valence-corrected chi connectivity index (χ1v) is 19.7. The van der Waals surface area contributed by atoms with Crippen LogP contribution < -0.4 is 0 Å². The first-order valence-electron chi connectivity index (χ1n) is 19.7. The number of hydrogen-bond acceptors (Lipinski definition) is 5. The molecule has 11 aromatic rings. The van der Waals surface area contributed by atoms with Gasteiger partial charge in [-0.25, -0.2) is 15.0 Å². The van der Waals surface area contributed by atoms with Crippen molar-refractivity contribution in [2.45, 2.75) is 12.8 Å². The molecule has 0 aliphatic heterocycles. The lowest BCUT2D eigenvalue weighted by molar-refractivity contribution is 0.668. The number of benzene rings is 8. The lowest BCUT2D eigenvalue weighted by atomic mass is 9.94. The van der Waals surface area contributed by atoms with Gasteiger partial charge < -0.3 is 8.83 Å². The molecular formula is C53H33N3O2. The first-order chi connectivity index (χ1) is 28.7. The van der Waals surface area contributed by atoms with Gasteiger partial charge in [-0.1, -0.05) is 127 Å². The first kappa shape index (κ1) is 32.6. The van der Waals surface area contributed by atoms with Crippen molar-refractivity contribution in [1.29, 1.82) is 0 Å². The largest absolute Gasteiger partial charge is 0.456 e. The van der Waals surface area contributed by atoms with E-state index in [1.165, 1.54) is 33.0 Å². The van der Waals surface area contributed by atoms with E-state index in [0.717, 1.165) is 84.5 Å². The van der Waals surface area contributed by atoms with E-state index in [4.69, 9.17) is 23.8 Å². The smallest absolute Gasteiger partial charge is 0.164 e. The highest BCUT2D eigenvalue weighted by molar-refractivity contribution is 6.13. The van der Waals surface area contributed by atoms with E-state index in [9.17, 15) is 0 Å². The van der Waals surface area contributed by atoms with Crippen LogP contribution in [0.1, 0.15) is 17.5 Å². The van der Waals surface area contributed by atoms with E-state index in [1.807, 2.05) is 42.5 Å². The van der Waals surface area contributed by atoms with Crippen molar-refractivity contribution in [2.24, 2.45) is 0 Å². The van der Waals surface area contributed by atoms with Gasteiger partial charge in [0.1, 0.15) is 22.3 Å². The van der Waals surface area contributed by atoms with E-state index in [0.29, 0.717) is 17.5 Å². The van der Waals surface area contributed by atoms with Crippen molar-refractivity contribution < 1.29 is 8.83 Å². The predicted molar refractivity (Wildman–Crippen MR) is 236 cm³/mol. The molecule has 0 bridgehead atoms. The summed E-state index contributed by atoms with van der Waals surface area (Å²) in [5.41, 5.74) is 13.0. The Kier molecular flexibility index (Phi) is 7.29. The summed E-state index contributed by atoms with van der Waals surface area (Å²) in [6, 6.07) is 57.3. The predicted octanol–water partition coefficient (Wildman–Crippen LogP) is 14.1. The van der Waals surface area contributed by atoms with Crippen molar-refractivity contribution >= 4 is 60.7 Å². The van der Waals surface area contributed by atoms with Gasteiger partial charge in [0, 0.05) is 38.2 Å². The van der Waals surface area contributed by atoms with Crippen LogP contribution in [0.3, 0.4) is 0 Å². The summed E-state index contributed by atoms with van der Waals surface area (Å²) in [6.45, 7) is 0. The highest BCUT2D eigenvalue weighted by Gasteiger charge is 2.21. The summed E-state index contributed by atoms with van der Waals surface area (Å²) in [5.74, 6) is 1.78. The second kappa shape index (κ2) is 13.0. The molecule has 8 aromatic carbocycles. The van der Waals surface area contributed by atoms with Gasteiger partial charge >= 0.3 is 0 Å². The fourth-order valence-electron chi connectivity index (χ4n) is 8.70. The van der Waals surface area contributed by atoms with Crippen molar-refractivity contribution in [2.75, 3.05) is 0 Å². The third-order valence-electron chi connectivity index (χ3n) is 11.6. The quantitative estimate of drug-likeness (QED) is 0.176. The Morgan fingerprint density at radius 2 is 1.03 bits per heavy atom. The van der Waals surface area contributed by atoms with E-state index in [2.05, 4.69) is 133 Å². The van der Waals surface area contributed by atoms with Crippen LogP contribution in [0.25, 0.3) is 117 Å². The van der Waals surface area contributed by atoms with Crippen LogP contribution in [0, 0.1) is 0 Å². The Balaban J connectivity index is 1.07. The molecule has 12 rings (SSSR count). The fourth-order valence-corrected chi connectivity index (χ4v) is 8.70. The van der Waals surface area contributed by atoms with Crippen molar-refractivity contribution in [3.05, 3.63) is 181 Å². The number of rotatable bonds is 5. The number of aromatic nitrogens is 3. The Labute approximate surface area is 333 Å². The maximum atomic E-state index is 6.60. The van der Waals surface area contributed by atoms with E-state index in [-0.39, 0.29) is 0 Å². The lowest BCUT2D eigenvalue weighted by Gasteiger charge is -2.14. The molecule has 272 valence electrons. The van der Waals surface area contributed by atoms with Gasteiger partial charge in [-0.3, -0.25) is 0 Å². The molecule has 0 amide bonds. The molecule has 0 fully saturated rings. The summed E-state index contributed by atoms with van der Waals surface area (Å²) in [7, 11) is 0. The average molecular weight is 744 g/mol. The summed E-state index contributed by atoms with van der Waals surface area (Å²) < 4.78 is 12.8. The van der Waals surface area contributed by atoms with Gasteiger partial charge in [0.25, 0.3) is 0 Å². The Morgan fingerprint density at radius 3 is 1.90 bits per heavy atom. The van der Waals surface area contributed by atoms with Crippen LogP contribution in [0.2, 0.25) is 0 Å². The molecule has 1 aliphatic carbocycles. The van der Waals surface area contributed by atoms with Gasteiger partial charge in [-0.2, -0.15) is 0 Å². The molecule has 0 saturated carbocycles. The molecule has 58 heavy (non-hydrogen) atoms. The molecule has 0 atom stereocenters. The minimum Gasteiger partial charge on any atom is -0.456 e. The maximum absolute atomic E-state index is 6.60. The van der Waals surface area contributed by atoms with Crippen molar-refractivity contribution in [1.82, 2.24) is 15.0 Å². The Hall–Kier alpha value is -7.63. The number of aryl methyl sites for hydroxylation is 1. The highest BCUT2D eigenvalue weighted by Crippen LogP contribution is 2.41. The summed E-state index contributed by atoms with van der Waals surface area (Å²) in [5, 5.41) is 6.53. The lowest BCUT2D eigenvalue weighted by Crippen LogP contribution is -2.02. The van der Waals surface area contributed by atoms with Crippen LogP contribution in [-0.4, -0.2) is 15.0 Å². The summed E-state index contributed by atoms with van der Waals surface area (Å²) in [4.78, 5) is 15.8. The van der Waals surface area contributed by atoms with Crippen LogP contribution in [0.4, 0.5) is 0 Å². The monoisotopic (exact) mass is 743 g/mol. The number of hydrogen-bond donors (Lipinski definition) is 0. The standard InChI is InChI=1S/C53H33N3O2/c1-2-12-36-28-37(25-22-32(36)10-1)51-54-52(38-26-27-48-44(29-38)42-15-5-7-18-46(42)57-48)56-53(55-51)45-30-39(31-49-50(45)43-16-6-8-19-47(43)58-49)33-20-23-35(24-21-33)41-17-9-13-34-11-3-4-14-40(34)41/h2-9,11-31H,1,10H2. The third-order valence-corrected chi connectivity index (χ3v) is 11.6. The van der Waals surface area contributed by atoms with E-state index < -0.39 is 0 Å². The second-order valence-electron chi connectivity index (χ2n) is 15.1. The fraction of sp³-hybridized carbons (Fsp3) is 0.0377. The topological polar surface area (TPSA) is 65.0 Å². The van der Waals surface area contributed by atoms with E-state index in [1.54, 1.807) is 0 Å².